The number of hydrogen-bond acceptors (Lipinski definition) is 11. The molecule has 1 aliphatic heterocycles. The van der Waals surface area contributed by atoms with Crippen molar-refractivity contribution in [2.24, 2.45) is 5.10 Å². The summed E-state index contributed by atoms with van der Waals surface area (Å²) in [6.07, 6.45) is -2.46. The van der Waals surface area contributed by atoms with Crippen LogP contribution in [0.1, 0.15) is 25.6 Å². The van der Waals surface area contributed by atoms with Crippen LogP contribution in [-0.2, 0) is 11.2 Å². The van der Waals surface area contributed by atoms with E-state index in [1.807, 2.05) is 24.3 Å². The fourth-order valence-electron chi connectivity index (χ4n) is 3.53. The van der Waals surface area contributed by atoms with Gasteiger partial charge < -0.3 is 30.5 Å². The van der Waals surface area contributed by atoms with Crippen LogP contribution in [-0.4, -0.2) is 72.1 Å². The summed E-state index contributed by atoms with van der Waals surface area (Å²) in [5, 5.41) is 34.4. The second-order valence-corrected chi connectivity index (χ2v) is 7.71. The Hall–Kier alpha value is -3.32. The van der Waals surface area contributed by atoms with Gasteiger partial charge >= 0.3 is 0 Å². The van der Waals surface area contributed by atoms with Crippen molar-refractivity contribution in [1.29, 1.82) is 0 Å². The molecule has 3 aromatic rings. The maximum atomic E-state index is 10.5. The first-order valence-electron chi connectivity index (χ1n) is 10.5. The number of nitrogens with zero attached hydrogens (tertiary/aromatic N) is 5. The quantitative estimate of drug-likeness (QED) is 0.236. The third-order valence-corrected chi connectivity index (χ3v) is 5.40. The van der Waals surface area contributed by atoms with E-state index in [1.54, 1.807) is 6.92 Å². The summed E-state index contributed by atoms with van der Waals surface area (Å²) in [5.74, 6) is 1.02. The number of ether oxygens (including phenoxy) is 2. The van der Waals surface area contributed by atoms with Crippen molar-refractivity contribution in [3.63, 3.8) is 0 Å². The SMILES string of the molecule is CCc1ccc(OCC(C)=NNc2nc3c(N)ncnc3n2C2OC(CO)C(O)C2O)cc1. The maximum Gasteiger partial charge on any atom is 0.228 e. The molecule has 0 aliphatic carbocycles. The highest BCUT2D eigenvalue weighted by molar-refractivity contribution is 5.86. The van der Waals surface area contributed by atoms with Gasteiger partial charge in [-0.1, -0.05) is 19.1 Å². The van der Waals surface area contributed by atoms with Crippen molar-refractivity contribution >= 4 is 28.6 Å². The zero-order valence-corrected chi connectivity index (χ0v) is 18.3. The molecule has 12 heteroatoms. The number of hydrogen-bond donors (Lipinski definition) is 5. The van der Waals surface area contributed by atoms with Gasteiger partial charge in [0.05, 0.1) is 12.3 Å². The van der Waals surface area contributed by atoms with E-state index in [2.05, 4.69) is 32.4 Å². The summed E-state index contributed by atoms with van der Waals surface area (Å²) in [5.41, 5.74) is 11.2. The molecule has 0 radical (unpaired) electrons. The van der Waals surface area contributed by atoms with Crippen molar-refractivity contribution in [3.05, 3.63) is 36.2 Å². The van der Waals surface area contributed by atoms with Crippen molar-refractivity contribution in [2.75, 3.05) is 24.4 Å². The highest BCUT2D eigenvalue weighted by Crippen LogP contribution is 2.35. The lowest BCUT2D eigenvalue weighted by Crippen LogP contribution is -2.33. The topological polar surface area (TPSA) is 173 Å². The molecule has 0 amide bonds. The fraction of sp³-hybridized carbons (Fsp3) is 0.429. The molecule has 4 atom stereocenters. The number of nitrogens with two attached hydrogens (primary N) is 1. The zero-order valence-electron chi connectivity index (χ0n) is 18.3. The zero-order chi connectivity index (χ0) is 23.5. The van der Waals surface area contributed by atoms with Gasteiger partial charge in [-0.3, -0.25) is 4.57 Å². The summed E-state index contributed by atoms with van der Waals surface area (Å²) in [7, 11) is 0. The molecule has 0 bridgehead atoms. The molecule has 1 fully saturated rings. The predicted octanol–water partition coefficient (Wildman–Crippen LogP) is 0.449. The minimum Gasteiger partial charge on any atom is -0.488 e. The Kier molecular flexibility index (Phi) is 6.70. The van der Waals surface area contributed by atoms with Crippen molar-refractivity contribution in [1.82, 2.24) is 19.5 Å². The molecule has 2 aromatic heterocycles. The van der Waals surface area contributed by atoms with Crippen molar-refractivity contribution < 1.29 is 24.8 Å². The van der Waals surface area contributed by atoms with E-state index in [9.17, 15) is 15.3 Å². The first-order valence-corrected chi connectivity index (χ1v) is 10.5. The summed E-state index contributed by atoms with van der Waals surface area (Å²) in [6, 6.07) is 7.83. The van der Waals surface area contributed by atoms with Crippen LogP contribution in [0.4, 0.5) is 11.8 Å². The average molecular weight is 457 g/mol. The minimum absolute atomic E-state index is 0.133. The first kappa shape index (κ1) is 22.9. The maximum absolute atomic E-state index is 10.5. The number of anilines is 2. The lowest BCUT2D eigenvalue weighted by atomic mass is 10.1. The monoisotopic (exact) mass is 457 g/mol. The molecule has 0 saturated carbocycles. The molecule has 1 aliphatic rings. The van der Waals surface area contributed by atoms with E-state index < -0.39 is 31.1 Å². The Morgan fingerprint density at radius 1 is 1.24 bits per heavy atom. The number of hydrazone groups is 1. The molecular formula is C21H27N7O5. The van der Waals surface area contributed by atoms with Crippen molar-refractivity contribution in [3.8, 4) is 5.75 Å². The molecule has 33 heavy (non-hydrogen) atoms. The Labute approximate surface area is 189 Å². The number of imidazole rings is 1. The molecule has 4 unspecified atom stereocenters. The van der Waals surface area contributed by atoms with E-state index in [0.29, 0.717) is 5.71 Å². The highest BCUT2D eigenvalue weighted by atomic mass is 16.6. The molecule has 6 N–H and O–H groups in total. The molecule has 4 rings (SSSR count). The molecule has 0 spiro atoms. The number of aromatic nitrogens is 4. The lowest BCUT2D eigenvalue weighted by Gasteiger charge is -2.19. The number of nitrogens with one attached hydrogen (secondary N) is 1. The number of fused-ring (bicyclic) bond motifs is 1. The van der Waals surface area contributed by atoms with Crippen LogP contribution >= 0.6 is 0 Å². The fourth-order valence-corrected chi connectivity index (χ4v) is 3.53. The van der Waals surface area contributed by atoms with E-state index in [4.69, 9.17) is 15.2 Å². The number of aryl methyl sites for hydroxylation is 1. The van der Waals surface area contributed by atoms with Gasteiger partial charge in [-0.05, 0) is 31.0 Å². The first-order chi connectivity index (χ1) is 15.9. The van der Waals surface area contributed by atoms with Gasteiger partial charge in [-0.25, -0.2) is 20.4 Å². The van der Waals surface area contributed by atoms with Crippen LogP contribution in [0, 0.1) is 0 Å². The normalized spacial score (nSPS) is 23.2. The Balaban J connectivity index is 1.56. The number of nitrogen functional groups attached to an aromatic ring is 1. The number of aliphatic hydroxyl groups excluding tert-OH is 3. The van der Waals surface area contributed by atoms with Gasteiger partial charge in [-0.2, -0.15) is 5.10 Å². The van der Waals surface area contributed by atoms with Crippen LogP contribution < -0.4 is 15.9 Å². The second-order valence-electron chi connectivity index (χ2n) is 7.71. The summed E-state index contributed by atoms with van der Waals surface area (Å²) in [6.45, 7) is 3.63. The van der Waals surface area contributed by atoms with Crippen LogP contribution in [0.15, 0.2) is 35.7 Å². The van der Waals surface area contributed by atoms with Gasteiger partial charge in [0.2, 0.25) is 5.95 Å². The van der Waals surface area contributed by atoms with Crippen LogP contribution in [0.2, 0.25) is 0 Å². The van der Waals surface area contributed by atoms with Gasteiger partial charge in [0.15, 0.2) is 23.2 Å². The summed E-state index contributed by atoms with van der Waals surface area (Å²) in [4.78, 5) is 12.5. The highest BCUT2D eigenvalue weighted by Gasteiger charge is 2.45. The average Bonchev–Trinajstić information content (AvgIpc) is 3.34. The van der Waals surface area contributed by atoms with Gasteiger partial charge in [-0.15, -0.1) is 0 Å². The summed E-state index contributed by atoms with van der Waals surface area (Å²) >= 11 is 0. The molecule has 1 saturated heterocycles. The Bertz CT molecular complexity index is 1130. The van der Waals surface area contributed by atoms with E-state index >= 15 is 0 Å². The largest absolute Gasteiger partial charge is 0.488 e. The Morgan fingerprint density at radius 2 is 2.00 bits per heavy atom. The van der Waals surface area contributed by atoms with Gasteiger partial charge in [0.1, 0.15) is 37.0 Å². The smallest absolute Gasteiger partial charge is 0.228 e. The standard InChI is InChI=1S/C21H27N7O5/c1-3-12-4-6-13(7-5-12)32-9-11(2)26-27-21-25-15-18(22)23-10-24-19(15)28(21)20-17(31)16(30)14(8-29)33-20/h4-7,10,14,16-17,20,29-31H,3,8-9H2,1-2H3,(H,25,27)(H2,22,23,24). The molecule has 12 nitrogen and oxygen atoms in total. The lowest BCUT2D eigenvalue weighted by molar-refractivity contribution is -0.0501. The number of aliphatic hydroxyl groups is 3. The number of benzene rings is 1. The van der Waals surface area contributed by atoms with Gasteiger partial charge in [0, 0.05) is 0 Å². The predicted molar refractivity (Wildman–Crippen MR) is 121 cm³/mol. The van der Waals surface area contributed by atoms with Gasteiger partial charge in [0.25, 0.3) is 0 Å². The van der Waals surface area contributed by atoms with Crippen LogP contribution in [0.5, 0.6) is 5.75 Å². The Morgan fingerprint density at radius 3 is 2.67 bits per heavy atom. The minimum atomic E-state index is -1.34. The molecule has 176 valence electrons. The third-order valence-electron chi connectivity index (χ3n) is 5.40. The molecular weight excluding hydrogens is 430 g/mol. The molecule has 3 heterocycles. The second kappa shape index (κ2) is 9.67. The van der Waals surface area contributed by atoms with E-state index in [1.165, 1.54) is 16.5 Å². The summed E-state index contributed by atoms with van der Waals surface area (Å²) < 4.78 is 12.8. The molecule has 1 aromatic carbocycles. The van der Waals surface area contributed by atoms with Crippen LogP contribution in [0.25, 0.3) is 11.2 Å². The number of rotatable bonds is 8. The van der Waals surface area contributed by atoms with E-state index in [0.717, 1.165) is 12.2 Å². The van der Waals surface area contributed by atoms with E-state index in [-0.39, 0.29) is 29.5 Å². The van der Waals surface area contributed by atoms with Crippen molar-refractivity contribution in [2.45, 2.75) is 44.8 Å². The third kappa shape index (κ3) is 4.59. The van der Waals surface area contributed by atoms with Crippen LogP contribution in [0.3, 0.4) is 0 Å².